The largest absolute Gasteiger partial charge is 0.481 e. The molecule has 0 amide bonds. The Kier molecular flexibility index (Phi) is 5.09. The topological polar surface area (TPSA) is 80.4 Å². The molecule has 0 heterocycles. The summed E-state index contributed by atoms with van der Waals surface area (Å²) in [4.78, 5) is 21.5. The summed E-state index contributed by atoms with van der Waals surface area (Å²) in [7, 11) is 0. The number of carbonyl (C=O) groups is 2. The molecule has 0 aromatic heterocycles. The number of nitrogens with two attached hydrogens (primary N) is 1. The van der Waals surface area contributed by atoms with Crippen LogP contribution in [0.2, 0.25) is 0 Å². The second-order valence-corrected chi connectivity index (χ2v) is 3.25. The first-order valence-electron chi connectivity index (χ1n) is 4.39. The quantitative estimate of drug-likeness (QED) is 0.529. The van der Waals surface area contributed by atoms with Crippen molar-refractivity contribution in [1.29, 1.82) is 0 Å². The van der Waals surface area contributed by atoms with Crippen LogP contribution in [0.1, 0.15) is 20.3 Å². The molecule has 0 rings (SSSR count). The van der Waals surface area contributed by atoms with Gasteiger partial charge >= 0.3 is 5.97 Å². The van der Waals surface area contributed by atoms with Gasteiger partial charge in [0.15, 0.2) is 5.78 Å². The zero-order valence-electron chi connectivity index (χ0n) is 8.91. The predicted molar refractivity (Wildman–Crippen MR) is 58.1 cm³/mol. The lowest BCUT2D eigenvalue weighted by Crippen LogP contribution is -2.12. The number of carbonyl (C=O) groups excluding carboxylic acids is 1. The van der Waals surface area contributed by atoms with E-state index in [0.29, 0.717) is 5.57 Å². The molecule has 0 unspecified atom stereocenters. The minimum atomic E-state index is -1.03. The molecule has 0 aliphatic carbocycles. The van der Waals surface area contributed by atoms with Gasteiger partial charge in [-0.1, -0.05) is 24.3 Å². The fraction of sp³-hybridized carbons (Fsp3) is 0.273. The molecule has 82 valence electrons. The highest BCUT2D eigenvalue weighted by atomic mass is 16.4. The minimum absolute atomic E-state index is 0.0186. The van der Waals surface area contributed by atoms with Crippen LogP contribution in [-0.4, -0.2) is 16.9 Å². The van der Waals surface area contributed by atoms with E-state index in [1.54, 1.807) is 13.0 Å². The number of hydrogen-bond donors (Lipinski definition) is 2. The maximum atomic E-state index is 11.0. The molecule has 15 heavy (non-hydrogen) atoms. The monoisotopic (exact) mass is 209 g/mol. The summed E-state index contributed by atoms with van der Waals surface area (Å²) in [6.07, 6.45) is 2.86. The van der Waals surface area contributed by atoms with E-state index in [-0.39, 0.29) is 17.9 Å². The average molecular weight is 209 g/mol. The van der Waals surface area contributed by atoms with Crippen LogP contribution in [0.5, 0.6) is 0 Å². The van der Waals surface area contributed by atoms with Crippen molar-refractivity contribution in [2.24, 2.45) is 5.73 Å². The van der Waals surface area contributed by atoms with Crippen molar-refractivity contribution in [2.75, 3.05) is 0 Å². The number of Topliss-reactive ketones (excluding diaryl/α,β-unsaturated/α-hetero) is 1. The Balaban J connectivity index is 5.05. The fourth-order valence-corrected chi connectivity index (χ4v) is 0.876. The molecule has 0 bridgehead atoms. The smallest absolute Gasteiger partial charge is 0.307 e. The molecule has 0 radical (unpaired) electrons. The maximum Gasteiger partial charge on any atom is 0.307 e. The van der Waals surface area contributed by atoms with Gasteiger partial charge in [0.05, 0.1) is 12.1 Å². The van der Waals surface area contributed by atoms with Gasteiger partial charge in [0, 0.05) is 6.92 Å². The zero-order chi connectivity index (χ0) is 12.0. The zero-order valence-corrected chi connectivity index (χ0v) is 8.91. The molecule has 0 saturated heterocycles. The molecule has 0 aliphatic heterocycles. The molecule has 0 aromatic rings. The summed E-state index contributed by atoms with van der Waals surface area (Å²) < 4.78 is 0. The molecular weight excluding hydrogens is 194 g/mol. The van der Waals surface area contributed by atoms with E-state index in [9.17, 15) is 9.59 Å². The summed E-state index contributed by atoms with van der Waals surface area (Å²) in [5.41, 5.74) is 6.52. The SMILES string of the molecule is C=C(C)/C=C\C(CC(=O)O)=C(/N)C(C)=O. The molecule has 0 aliphatic rings. The number of hydrogen-bond acceptors (Lipinski definition) is 3. The van der Waals surface area contributed by atoms with E-state index < -0.39 is 5.97 Å². The Morgan fingerprint density at radius 3 is 2.20 bits per heavy atom. The third-order valence-electron chi connectivity index (χ3n) is 1.64. The third-order valence-corrected chi connectivity index (χ3v) is 1.64. The highest BCUT2D eigenvalue weighted by Crippen LogP contribution is 2.09. The summed E-state index contributed by atoms with van der Waals surface area (Å²) in [5, 5.41) is 8.62. The van der Waals surface area contributed by atoms with Crippen LogP contribution in [0.15, 0.2) is 35.6 Å². The van der Waals surface area contributed by atoms with Gasteiger partial charge in [0.1, 0.15) is 0 Å². The van der Waals surface area contributed by atoms with Gasteiger partial charge in [-0.3, -0.25) is 9.59 Å². The Morgan fingerprint density at radius 2 is 1.87 bits per heavy atom. The van der Waals surface area contributed by atoms with E-state index in [4.69, 9.17) is 10.8 Å². The second kappa shape index (κ2) is 5.80. The van der Waals surface area contributed by atoms with Crippen molar-refractivity contribution < 1.29 is 14.7 Å². The normalized spacial score (nSPS) is 12.4. The van der Waals surface area contributed by atoms with Crippen molar-refractivity contribution in [1.82, 2.24) is 0 Å². The van der Waals surface area contributed by atoms with Crippen LogP contribution in [0, 0.1) is 0 Å². The Bertz CT molecular complexity index is 351. The second-order valence-electron chi connectivity index (χ2n) is 3.25. The first-order chi connectivity index (χ1) is 6.84. The maximum absolute atomic E-state index is 11.0. The van der Waals surface area contributed by atoms with E-state index in [1.165, 1.54) is 13.0 Å². The van der Waals surface area contributed by atoms with Crippen LogP contribution in [0.25, 0.3) is 0 Å². The first kappa shape index (κ1) is 13.2. The summed E-state index contributed by atoms with van der Waals surface area (Å²) in [5.74, 6) is -1.36. The van der Waals surface area contributed by atoms with Crippen LogP contribution in [0.3, 0.4) is 0 Å². The summed E-state index contributed by atoms with van der Waals surface area (Å²) in [6.45, 7) is 6.69. The Hall–Kier alpha value is -1.84. The number of allylic oxidation sites excluding steroid dienone is 4. The number of ketones is 1. The lowest BCUT2D eigenvalue weighted by Gasteiger charge is -2.02. The van der Waals surface area contributed by atoms with Crippen LogP contribution >= 0.6 is 0 Å². The van der Waals surface area contributed by atoms with Crippen molar-refractivity contribution in [3.05, 3.63) is 35.6 Å². The van der Waals surface area contributed by atoms with Crippen molar-refractivity contribution in [3.63, 3.8) is 0 Å². The van der Waals surface area contributed by atoms with Crippen LogP contribution in [-0.2, 0) is 9.59 Å². The van der Waals surface area contributed by atoms with Gasteiger partial charge in [0.25, 0.3) is 0 Å². The molecule has 0 aromatic carbocycles. The summed E-state index contributed by atoms with van der Waals surface area (Å²) in [6, 6.07) is 0. The Labute approximate surface area is 88.8 Å². The van der Waals surface area contributed by atoms with Crippen LogP contribution < -0.4 is 5.73 Å². The first-order valence-corrected chi connectivity index (χ1v) is 4.39. The number of aliphatic carboxylic acids is 1. The molecule has 3 N–H and O–H groups in total. The Morgan fingerprint density at radius 1 is 1.33 bits per heavy atom. The number of rotatable bonds is 5. The van der Waals surface area contributed by atoms with E-state index in [0.717, 1.165) is 5.57 Å². The van der Waals surface area contributed by atoms with Crippen molar-refractivity contribution >= 4 is 11.8 Å². The van der Waals surface area contributed by atoms with Gasteiger partial charge < -0.3 is 10.8 Å². The molecule has 0 spiro atoms. The molecule has 0 saturated carbocycles. The minimum Gasteiger partial charge on any atom is -0.481 e. The van der Waals surface area contributed by atoms with Crippen molar-refractivity contribution in [2.45, 2.75) is 20.3 Å². The predicted octanol–water partition coefficient (Wildman–Crippen LogP) is 1.40. The molecule has 0 fully saturated rings. The molecular formula is C11H15NO3. The highest BCUT2D eigenvalue weighted by molar-refractivity contribution is 5.94. The van der Waals surface area contributed by atoms with E-state index in [2.05, 4.69) is 6.58 Å². The highest BCUT2D eigenvalue weighted by Gasteiger charge is 2.08. The van der Waals surface area contributed by atoms with Gasteiger partial charge in [-0.05, 0) is 12.5 Å². The standard InChI is InChI=1S/C11H15NO3/c1-7(2)4-5-9(6-10(14)15)11(12)8(3)13/h4-5H,1,6,12H2,2-3H3,(H,14,15)/b5-4-,11-9+. The summed E-state index contributed by atoms with van der Waals surface area (Å²) >= 11 is 0. The lowest BCUT2D eigenvalue weighted by atomic mass is 10.1. The van der Waals surface area contributed by atoms with Gasteiger partial charge in [-0.2, -0.15) is 0 Å². The number of carboxylic acids is 1. The van der Waals surface area contributed by atoms with Gasteiger partial charge in [0.2, 0.25) is 0 Å². The van der Waals surface area contributed by atoms with E-state index >= 15 is 0 Å². The van der Waals surface area contributed by atoms with Crippen LogP contribution in [0.4, 0.5) is 0 Å². The van der Waals surface area contributed by atoms with Gasteiger partial charge in [-0.15, -0.1) is 0 Å². The van der Waals surface area contributed by atoms with E-state index in [1.807, 2.05) is 0 Å². The molecule has 4 nitrogen and oxygen atoms in total. The van der Waals surface area contributed by atoms with Gasteiger partial charge in [-0.25, -0.2) is 0 Å². The average Bonchev–Trinajstić information content (AvgIpc) is 2.10. The molecule has 4 heteroatoms. The third kappa shape index (κ3) is 5.46. The number of carboxylic acid groups (broad SMARTS) is 1. The fourth-order valence-electron chi connectivity index (χ4n) is 0.876. The molecule has 0 atom stereocenters. The lowest BCUT2D eigenvalue weighted by molar-refractivity contribution is -0.136. The van der Waals surface area contributed by atoms with Crippen molar-refractivity contribution in [3.8, 4) is 0 Å².